The standard InChI is InChI=1S/C28H36N2O5/c1-33-23-10-8-21(9-11-23)18-28(14-12-26(31)29-28)15-13-27(32)30-16-4-5-22(19-30)20-35-25-7-3-6-24(17-25)34-2/h3,6-11,17,22H,4-5,12-16,18-20H2,1-2H3,(H,29,31)/t22-,28+/m0/s1. The summed E-state index contributed by atoms with van der Waals surface area (Å²) in [6.45, 7) is 2.07. The molecule has 2 fully saturated rings. The van der Waals surface area contributed by atoms with Gasteiger partial charge in [0.15, 0.2) is 0 Å². The van der Waals surface area contributed by atoms with E-state index in [0.717, 1.165) is 48.6 Å². The van der Waals surface area contributed by atoms with Crippen LogP contribution in [-0.2, 0) is 16.0 Å². The second-order valence-electron chi connectivity index (χ2n) is 9.69. The Morgan fingerprint density at radius 1 is 1.09 bits per heavy atom. The number of piperidine rings is 1. The third kappa shape index (κ3) is 6.68. The van der Waals surface area contributed by atoms with Crippen molar-refractivity contribution in [3.8, 4) is 17.2 Å². The average Bonchev–Trinajstić information content (AvgIpc) is 3.27. The van der Waals surface area contributed by atoms with E-state index in [1.54, 1.807) is 14.2 Å². The molecule has 0 saturated carbocycles. The number of hydrogen-bond donors (Lipinski definition) is 1. The lowest BCUT2D eigenvalue weighted by molar-refractivity contribution is -0.134. The minimum Gasteiger partial charge on any atom is -0.497 e. The number of nitrogens with one attached hydrogen (secondary N) is 1. The van der Waals surface area contributed by atoms with Crippen molar-refractivity contribution in [3.05, 3.63) is 54.1 Å². The van der Waals surface area contributed by atoms with E-state index < -0.39 is 0 Å². The quantitative estimate of drug-likeness (QED) is 0.556. The van der Waals surface area contributed by atoms with E-state index >= 15 is 0 Å². The number of nitrogens with zero attached hydrogens (tertiary/aromatic N) is 1. The predicted molar refractivity (Wildman–Crippen MR) is 134 cm³/mol. The van der Waals surface area contributed by atoms with Gasteiger partial charge in [-0.15, -0.1) is 0 Å². The van der Waals surface area contributed by atoms with Crippen molar-refractivity contribution in [2.24, 2.45) is 5.92 Å². The molecule has 2 aromatic carbocycles. The third-order valence-corrected chi connectivity index (χ3v) is 7.15. The van der Waals surface area contributed by atoms with Crippen molar-refractivity contribution in [1.29, 1.82) is 0 Å². The first kappa shape index (κ1) is 24.9. The number of ether oxygens (including phenoxy) is 3. The molecule has 7 nitrogen and oxygen atoms in total. The van der Waals surface area contributed by atoms with Gasteiger partial charge < -0.3 is 24.4 Å². The summed E-state index contributed by atoms with van der Waals surface area (Å²) in [6.07, 6.45) is 5.08. The van der Waals surface area contributed by atoms with Crippen molar-refractivity contribution in [2.75, 3.05) is 33.9 Å². The van der Waals surface area contributed by atoms with Crippen LogP contribution in [0.25, 0.3) is 0 Å². The molecule has 0 unspecified atom stereocenters. The highest BCUT2D eigenvalue weighted by atomic mass is 16.5. The summed E-state index contributed by atoms with van der Waals surface area (Å²) in [4.78, 5) is 27.2. The highest BCUT2D eigenvalue weighted by Gasteiger charge is 2.38. The fourth-order valence-corrected chi connectivity index (χ4v) is 5.15. The van der Waals surface area contributed by atoms with Crippen LogP contribution in [0, 0.1) is 5.92 Å². The van der Waals surface area contributed by atoms with Crippen molar-refractivity contribution in [2.45, 2.75) is 50.5 Å². The molecular weight excluding hydrogens is 444 g/mol. The summed E-state index contributed by atoms with van der Waals surface area (Å²) in [5.41, 5.74) is 0.764. The van der Waals surface area contributed by atoms with Crippen LogP contribution in [0.1, 0.15) is 44.1 Å². The van der Waals surface area contributed by atoms with Gasteiger partial charge in [-0.1, -0.05) is 18.2 Å². The Balaban J connectivity index is 1.31. The zero-order chi connectivity index (χ0) is 24.7. The monoisotopic (exact) mass is 480 g/mol. The van der Waals surface area contributed by atoms with Crippen LogP contribution in [0.4, 0.5) is 0 Å². The fourth-order valence-electron chi connectivity index (χ4n) is 5.15. The molecule has 188 valence electrons. The maximum atomic E-state index is 13.2. The second-order valence-corrected chi connectivity index (χ2v) is 9.69. The molecule has 7 heteroatoms. The van der Waals surface area contributed by atoms with Gasteiger partial charge in [0.2, 0.25) is 11.8 Å². The lowest BCUT2D eigenvalue weighted by Crippen LogP contribution is -2.46. The normalized spacial score (nSPS) is 21.9. The van der Waals surface area contributed by atoms with Crippen LogP contribution < -0.4 is 19.5 Å². The van der Waals surface area contributed by atoms with E-state index in [2.05, 4.69) is 5.32 Å². The van der Waals surface area contributed by atoms with Gasteiger partial charge in [0.25, 0.3) is 0 Å². The number of benzene rings is 2. The molecule has 2 saturated heterocycles. The molecule has 2 aromatic rings. The van der Waals surface area contributed by atoms with Crippen molar-refractivity contribution in [1.82, 2.24) is 10.2 Å². The molecule has 35 heavy (non-hydrogen) atoms. The topological polar surface area (TPSA) is 77.1 Å². The second kappa shape index (κ2) is 11.5. The van der Waals surface area contributed by atoms with Gasteiger partial charge >= 0.3 is 0 Å². The molecule has 1 N–H and O–H groups in total. The van der Waals surface area contributed by atoms with Gasteiger partial charge in [-0.05, 0) is 61.9 Å². The Hall–Kier alpha value is -3.22. The molecule has 2 aliphatic rings. The van der Waals surface area contributed by atoms with E-state index in [1.165, 1.54) is 0 Å². The SMILES string of the molecule is COc1ccc(C[C@]2(CCC(=O)N3CCC[C@H](COc4cccc(OC)c4)C3)CCC(=O)N2)cc1. The number of carbonyl (C=O) groups is 2. The summed E-state index contributed by atoms with van der Waals surface area (Å²) < 4.78 is 16.5. The van der Waals surface area contributed by atoms with Crippen molar-refractivity contribution >= 4 is 11.8 Å². The molecular formula is C28H36N2O5. The number of carbonyl (C=O) groups excluding carboxylic acids is 2. The van der Waals surface area contributed by atoms with Gasteiger partial charge in [0.05, 0.1) is 20.8 Å². The van der Waals surface area contributed by atoms with Crippen LogP contribution in [0.2, 0.25) is 0 Å². The fraction of sp³-hybridized carbons (Fsp3) is 0.500. The summed E-state index contributed by atoms with van der Waals surface area (Å²) in [7, 11) is 3.29. The third-order valence-electron chi connectivity index (χ3n) is 7.15. The van der Waals surface area contributed by atoms with Crippen molar-refractivity contribution in [3.63, 3.8) is 0 Å². The minimum atomic E-state index is -0.369. The molecule has 0 bridgehead atoms. The van der Waals surface area contributed by atoms with Gasteiger partial charge in [-0.3, -0.25) is 9.59 Å². The van der Waals surface area contributed by atoms with Gasteiger partial charge in [0.1, 0.15) is 17.2 Å². The molecule has 0 radical (unpaired) electrons. The van der Waals surface area contributed by atoms with E-state index in [4.69, 9.17) is 14.2 Å². The Bertz CT molecular complexity index is 1010. The Labute approximate surface area is 207 Å². The molecule has 0 spiro atoms. The molecule has 2 amide bonds. The lowest BCUT2D eigenvalue weighted by Gasteiger charge is -2.34. The largest absolute Gasteiger partial charge is 0.497 e. The zero-order valence-electron chi connectivity index (χ0n) is 20.8. The highest BCUT2D eigenvalue weighted by molar-refractivity contribution is 5.80. The molecule has 4 rings (SSSR count). The molecule has 2 aliphatic heterocycles. The number of hydrogen-bond acceptors (Lipinski definition) is 5. The van der Waals surface area contributed by atoms with E-state index in [9.17, 15) is 9.59 Å². The summed E-state index contributed by atoms with van der Waals surface area (Å²) in [5, 5.41) is 3.19. The molecule has 0 aliphatic carbocycles. The van der Waals surface area contributed by atoms with Crippen LogP contribution in [0.15, 0.2) is 48.5 Å². The number of amides is 2. The van der Waals surface area contributed by atoms with E-state index in [0.29, 0.717) is 44.8 Å². The van der Waals surface area contributed by atoms with Gasteiger partial charge in [-0.25, -0.2) is 0 Å². The maximum absolute atomic E-state index is 13.2. The smallest absolute Gasteiger partial charge is 0.222 e. The van der Waals surface area contributed by atoms with Gasteiger partial charge in [0, 0.05) is 43.5 Å². The minimum absolute atomic E-state index is 0.0682. The van der Waals surface area contributed by atoms with Crippen LogP contribution >= 0.6 is 0 Å². The average molecular weight is 481 g/mol. The molecule has 2 atom stereocenters. The van der Waals surface area contributed by atoms with Crippen LogP contribution in [0.3, 0.4) is 0 Å². The molecule has 0 aromatic heterocycles. The van der Waals surface area contributed by atoms with E-state index in [-0.39, 0.29) is 17.4 Å². The highest BCUT2D eigenvalue weighted by Crippen LogP contribution is 2.31. The Morgan fingerprint density at radius 3 is 2.57 bits per heavy atom. The number of rotatable bonds is 10. The predicted octanol–water partition coefficient (Wildman–Crippen LogP) is 3.99. The number of likely N-dealkylation sites (tertiary alicyclic amines) is 1. The number of methoxy groups -OCH3 is 2. The lowest BCUT2D eigenvalue weighted by atomic mass is 9.84. The Morgan fingerprint density at radius 2 is 1.86 bits per heavy atom. The molecule has 2 heterocycles. The zero-order valence-corrected chi connectivity index (χ0v) is 20.8. The van der Waals surface area contributed by atoms with Crippen LogP contribution in [0.5, 0.6) is 17.2 Å². The first-order valence-corrected chi connectivity index (χ1v) is 12.5. The maximum Gasteiger partial charge on any atom is 0.222 e. The first-order valence-electron chi connectivity index (χ1n) is 12.5. The summed E-state index contributed by atoms with van der Waals surface area (Å²) in [6, 6.07) is 15.5. The van der Waals surface area contributed by atoms with Crippen LogP contribution in [-0.4, -0.2) is 56.2 Å². The van der Waals surface area contributed by atoms with Gasteiger partial charge in [-0.2, -0.15) is 0 Å². The summed E-state index contributed by atoms with van der Waals surface area (Å²) >= 11 is 0. The Kier molecular flexibility index (Phi) is 8.16. The van der Waals surface area contributed by atoms with E-state index in [1.807, 2.05) is 53.4 Å². The first-order chi connectivity index (χ1) is 17.0. The summed E-state index contributed by atoms with van der Waals surface area (Å²) in [5.74, 6) is 2.89. The van der Waals surface area contributed by atoms with Crippen molar-refractivity contribution < 1.29 is 23.8 Å².